The summed E-state index contributed by atoms with van der Waals surface area (Å²) in [6.07, 6.45) is 6.37. The fourth-order valence-corrected chi connectivity index (χ4v) is 6.45. The molecule has 29 heavy (non-hydrogen) atoms. The van der Waals surface area contributed by atoms with Crippen LogP contribution in [0, 0.1) is 0 Å². The van der Waals surface area contributed by atoms with Crippen LogP contribution in [0.4, 0.5) is 0 Å². The van der Waals surface area contributed by atoms with E-state index in [0.29, 0.717) is 5.57 Å². The Morgan fingerprint density at radius 3 is 3.07 bits per heavy atom. The minimum atomic E-state index is -1.52. The molecule has 5 heterocycles. The number of aliphatic carboxylic acids is 1. The molecule has 2 atom stereocenters. The normalized spacial score (nSPS) is 24.8. The highest BCUT2D eigenvalue weighted by Gasteiger charge is 2.53. The molecule has 7 nitrogen and oxygen atoms in total. The van der Waals surface area contributed by atoms with Gasteiger partial charge in [0.2, 0.25) is 0 Å². The lowest BCUT2D eigenvalue weighted by Gasteiger charge is -2.36. The number of hydrogen-bond acceptors (Lipinski definition) is 6. The number of hydrogen-bond donors (Lipinski definition) is 1. The van der Waals surface area contributed by atoms with Crippen LogP contribution < -0.4 is 0 Å². The van der Waals surface area contributed by atoms with Crippen LogP contribution >= 0.6 is 11.3 Å². The van der Waals surface area contributed by atoms with Gasteiger partial charge in [-0.25, -0.2) is 4.79 Å². The standard InChI is InChI=1S/C20H17N3O4S2/c24-18-15(19-23(18)16(20(25)26)11-29(19)27)7-14-6-13-10-22(5-3-17(13)28-14)9-12-2-1-4-21-8-12/h1-2,4,6-8,11,19H,3,5,9-10H2,(H,25,26)/b15-7-/t19-,29?/m1/s1. The topological polar surface area (TPSA) is 90.8 Å². The average Bonchev–Trinajstić information content (AvgIpc) is 3.25. The van der Waals surface area contributed by atoms with Crippen molar-refractivity contribution in [2.75, 3.05) is 6.54 Å². The second-order valence-corrected chi connectivity index (χ2v) is 9.69. The molecule has 1 amide bonds. The van der Waals surface area contributed by atoms with Crippen LogP contribution in [0.25, 0.3) is 6.08 Å². The maximum atomic E-state index is 12.4. The third-order valence-corrected chi connectivity index (χ3v) is 7.83. The number of rotatable bonds is 4. The summed E-state index contributed by atoms with van der Waals surface area (Å²) in [5.41, 5.74) is 2.66. The van der Waals surface area contributed by atoms with Gasteiger partial charge in [0.25, 0.3) is 5.91 Å². The monoisotopic (exact) mass is 427 g/mol. The van der Waals surface area contributed by atoms with Gasteiger partial charge in [-0.2, -0.15) is 0 Å². The predicted octanol–water partition coefficient (Wildman–Crippen LogP) is 1.94. The van der Waals surface area contributed by atoms with E-state index in [9.17, 15) is 13.8 Å². The fourth-order valence-electron chi connectivity index (χ4n) is 3.93. The van der Waals surface area contributed by atoms with Crippen molar-refractivity contribution >= 4 is 40.1 Å². The highest BCUT2D eigenvalue weighted by molar-refractivity contribution is 7.89. The molecule has 2 aromatic heterocycles. The van der Waals surface area contributed by atoms with Crippen molar-refractivity contribution in [2.24, 2.45) is 0 Å². The van der Waals surface area contributed by atoms with Crippen LogP contribution in [0.5, 0.6) is 0 Å². The van der Waals surface area contributed by atoms with Gasteiger partial charge < -0.3 is 5.11 Å². The second kappa shape index (κ2) is 7.01. The smallest absolute Gasteiger partial charge is 0.353 e. The first-order chi connectivity index (χ1) is 14.0. The zero-order valence-corrected chi connectivity index (χ0v) is 16.9. The molecule has 0 aromatic carbocycles. The van der Waals surface area contributed by atoms with E-state index in [1.807, 2.05) is 12.3 Å². The minimum absolute atomic E-state index is 0.188. The summed E-state index contributed by atoms with van der Waals surface area (Å²) in [5, 5.41) is 9.65. The van der Waals surface area contributed by atoms with Gasteiger partial charge in [-0.1, -0.05) is 6.07 Å². The summed E-state index contributed by atoms with van der Waals surface area (Å²) in [7, 11) is -1.52. The Labute approximate surface area is 173 Å². The van der Waals surface area contributed by atoms with Crippen LogP contribution in [0.3, 0.4) is 0 Å². The Morgan fingerprint density at radius 1 is 1.45 bits per heavy atom. The maximum Gasteiger partial charge on any atom is 0.353 e. The summed E-state index contributed by atoms with van der Waals surface area (Å²) in [6.45, 7) is 2.64. The molecule has 0 radical (unpaired) electrons. The molecule has 148 valence electrons. The molecule has 5 rings (SSSR count). The summed E-state index contributed by atoms with van der Waals surface area (Å²) in [5.74, 6) is -1.60. The van der Waals surface area contributed by atoms with Gasteiger partial charge >= 0.3 is 5.97 Å². The molecule has 1 N–H and O–H groups in total. The van der Waals surface area contributed by atoms with E-state index in [2.05, 4.69) is 22.0 Å². The summed E-state index contributed by atoms with van der Waals surface area (Å²) < 4.78 is 12.2. The zero-order valence-electron chi connectivity index (χ0n) is 15.3. The molecule has 0 bridgehead atoms. The largest absolute Gasteiger partial charge is 0.477 e. The maximum absolute atomic E-state index is 12.4. The molecule has 0 spiro atoms. The molecule has 3 aliphatic heterocycles. The fraction of sp³-hybridized carbons (Fsp3) is 0.250. The van der Waals surface area contributed by atoms with Crippen LogP contribution in [0.2, 0.25) is 0 Å². The number of aromatic nitrogens is 1. The first-order valence-electron chi connectivity index (χ1n) is 9.14. The first-order valence-corrected chi connectivity index (χ1v) is 11.2. The Bertz CT molecular complexity index is 1110. The first kappa shape index (κ1) is 18.4. The van der Waals surface area contributed by atoms with Crippen LogP contribution in [-0.4, -0.2) is 47.9 Å². The van der Waals surface area contributed by atoms with Crippen LogP contribution in [-0.2, 0) is 39.9 Å². The van der Waals surface area contributed by atoms with Crippen molar-refractivity contribution in [3.8, 4) is 0 Å². The summed E-state index contributed by atoms with van der Waals surface area (Å²) >= 11 is 1.65. The zero-order chi connectivity index (χ0) is 20.1. The number of nitrogens with zero attached hydrogens (tertiary/aromatic N) is 3. The molecule has 1 saturated heterocycles. The molecule has 0 saturated carbocycles. The molecular formula is C20H17N3O4S2. The second-order valence-electron chi connectivity index (χ2n) is 7.18. The van der Waals surface area contributed by atoms with Gasteiger partial charge in [0.05, 0.1) is 16.4 Å². The Kier molecular flexibility index (Phi) is 4.45. The SMILES string of the molecule is O=C(O)C1=CS(=O)[C@@H]2/C(=C\c3cc4c(s3)CCN(Cc3cccnc3)C4)C(=O)N12. The van der Waals surface area contributed by atoms with Crippen molar-refractivity contribution in [1.29, 1.82) is 0 Å². The minimum Gasteiger partial charge on any atom is -0.477 e. The van der Waals surface area contributed by atoms with Crippen LogP contribution in [0.1, 0.15) is 20.9 Å². The predicted molar refractivity (Wildman–Crippen MR) is 109 cm³/mol. The number of carbonyl (C=O) groups excluding carboxylic acids is 1. The van der Waals surface area contributed by atoms with Gasteiger partial charge in [-0.3, -0.25) is 23.8 Å². The van der Waals surface area contributed by atoms with Crippen molar-refractivity contribution < 1.29 is 18.9 Å². The molecule has 3 aliphatic rings. The van der Waals surface area contributed by atoms with Crippen molar-refractivity contribution in [2.45, 2.75) is 24.9 Å². The average molecular weight is 428 g/mol. The van der Waals surface area contributed by atoms with Gasteiger partial charge in [0, 0.05) is 47.2 Å². The highest BCUT2D eigenvalue weighted by Crippen LogP contribution is 2.40. The number of carboxylic acids is 1. The van der Waals surface area contributed by atoms with Gasteiger partial charge in [-0.15, -0.1) is 11.3 Å². The van der Waals surface area contributed by atoms with E-state index < -0.39 is 22.1 Å². The third kappa shape index (κ3) is 3.15. The number of pyridine rings is 1. The summed E-state index contributed by atoms with van der Waals surface area (Å²) in [4.78, 5) is 33.5. The Balaban J connectivity index is 1.33. The molecular weight excluding hydrogens is 410 g/mol. The van der Waals surface area contributed by atoms with Crippen molar-refractivity contribution in [3.05, 3.63) is 68.2 Å². The lowest BCUT2D eigenvalue weighted by atomic mass is 10.0. The molecule has 1 unspecified atom stereocenters. The number of fused-ring (bicyclic) bond motifs is 2. The number of amides is 1. The molecule has 0 aliphatic carbocycles. The van der Waals surface area contributed by atoms with E-state index >= 15 is 0 Å². The summed E-state index contributed by atoms with van der Waals surface area (Å²) in [6, 6.07) is 6.10. The van der Waals surface area contributed by atoms with E-state index in [-0.39, 0.29) is 11.6 Å². The molecule has 9 heteroatoms. The van der Waals surface area contributed by atoms with Gasteiger partial charge in [0.15, 0.2) is 0 Å². The number of β-lactam (4-membered cyclic amide) rings is 1. The van der Waals surface area contributed by atoms with E-state index in [1.54, 1.807) is 23.6 Å². The third-order valence-electron chi connectivity index (χ3n) is 5.28. The number of carbonyl (C=O) groups is 2. The molecule has 2 aromatic rings. The lowest BCUT2D eigenvalue weighted by Crippen LogP contribution is -2.53. The Hall–Kier alpha value is -2.62. The Morgan fingerprint density at radius 2 is 2.31 bits per heavy atom. The quantitative estimate of drug-likeness (QED) is 0.592. The van der Waals surface area contributed by atoms with E-state index in [0.717, 1.165) is 41.2 Å². The van der Waals surface area contributed by atoms with Gasteiger partial charge in [0.1, 0.15) is 11.1 Å². The molecule has 1 fully saturated rings. The number of thiophene rings is 1. The van der Waals surface area contributed by atoms with E-state index in [4.69, 9.17) is 5.11 Å². The number of carboxylic acid groups (broad SMARTS) is 1. The van der Waals surface area contributed by atoms with Crippen LogP contribution in [0.15, 0.2) is 47.3 Å². The van der Waals surface area contributed by atoms with Gasteiger partial charge in [-0.05, 0) is 35.8 Å². The van der Waals surface area contributed by atoms with E-state index in [1.165, 1.54) is 16.0 Å². The lowest BCUT2D eigenvalue weighted by molar-refractivity contribution is -0.141. The highest BCUT2D eigenvalue weighted by atomic mass is 32.2. The van der Waals surface area contributed by atoms with Crippen molar-refractivity contribution in [3.63, 3.8) is 0 Å². The van der Waals surface area contributed by atoms with Crippen molar-refractivity contribution in [1.82, 2.24) is 14.8 Å².